The Labute approximate surface area is 159 Å². The molecule has 0 N–H and O–H groups in total. The van der Waals surface area contributed by atoms with Crippen molar-refractivity contribution in [3.05, 3.63) is 110 Å². The van der Waals surface area contributed by atoms with E-state index in [-0.39, 0.29) is 0 Å². The van der Waals surface area contributed by atoms with Gasteiger partial charge in [0.15, 0.2) is 0 Å². The fourth-order valence-electron chi connectivity index (χ4n) is 3.23. The van der Waals surface area contributed by atoms with Crippen LogP contribution in [-0.2, 0) is 20.8 Å². The SMILES string of the molecule is [CH]1[CH][CH][C](CC[C]2[C]3C=CC=C[C]3[C]3C=CC=C[C]32)[CH]1.[Cl][Zr][Cl]. The fraction of sp³-hybridized carbons (Fsp3) is 0.100. The van der Waals surface area contributed by atoms with E-state index in [0.717, 1.165) is 12.8 Å². The molecule has 4 aliphatic carbocycles. The van der Waals surface area contributed by atoms with Gasteiger partial charge < -0.3 is 0 Å². The first-order valence-electron chi connectivity index (χ1n) is 7.57. The third kappa shape index (κ3) is 4.34. The van der Waals surface area contributed by atoms with Crippen molar-refractivity contribution in [2.45, 2.75) is 12.8 Å². The fourth-order valence-corrected chi connectivity index (χ4v) is 3.23. The van der Waals surface area contributed by atoms with Crippen LogP contribution in [0, 0.1) is 61.2 Å². The van der Waals surface area contributed by atoms with Gasteiger partial charge in [0.2, 0.25) is 0 Å². The van der Waals surface area contributed by atoms with E-state index >= 15 is 0 Å². The summed E-state index contributed by atoms with van der Waals surface area (Å²) >= 11 is -0.826. The number of fused-ring (bicyclic) bond motifs is 3. The van der Waals surface area contributed by atoms with Crippen molar-refractivity contribution < 1.29 is 20.8 Å². The van der Waals surface area contributed by atoms with Crippen LogP contribution in [0.15, 0.2) is 48.6 Å². The Bertz CT molecular complexity index is 454. The van der Waals surface area contributed by atoms with Crippen LogP contribution < -0.4 is 0 Å². The molecule has 2 saturated carbocycles. The van der Waals surface area contributed by atoms with Gasteiger partial charge in [0.25, 0.3) is 0 Å². The molecule has 2 fully saturated rings. The molecular weight excluding hydrogens is 402 g/mol. The summed E-state index contributed by atoms with van der Waals surface area (Å²) in [5, 5.41) is 0. The van der Waals surface area contributed by atoms with Crippen molar-refractivity contribution in [3.63, 3.8) is 0 Å². The van der Waals surface area contributed by atoms with Crippen molar-refractivity contribution in [1.82, 2.24) is 0 Å². The molecule has 0 amide bonds. The van der Waals surface area contributed by atoms with Gasteiger partial charge in [-0.25, -0.2) is 0 Å². The molecule has 0 spiro atoms. The number of hydrogen-bond donors (Lipinski definition) is 0. The summed E-state index contributed by atoms with van der Waals surface area (Å²) in [4.78, 5) is 0. The van der Waals surface area contributed by atoms with Crippen LogP contribution >= 0.6 is 17.0 Å². The van der Waals surface area contributed by atoms with Crippen LogP contribution in [0.3, 0.4) is 0 Å². The number of halogens is 2. The van der Waals surface area contributed by atoms with Gasteiger partial charge in [0.05, 0.1) is 0 Å². The molecule has 0 aromatic rings. The molecule has 0 unspecified atom stereocenters. The quantitative estimate of drug-likeness (QED) is 0.553. The van der Waals surface area contributed by atoms with Gasteiger partial charge in [-0.2, -0.15) is 0 Å². The molecule has 0 bridgehead atoms. The van der Waals surface area contributed by atoms with Crippen LogP contribution in [0.4, 0.5) is 0 Å². The van der Waals surface area contributed by atoms with E-state index in [9.17, 15) is 0 Å². The zero-order valence-corrected chi connectivity index (χ0v) is 16.6. The second-order valence-corrected chi connectivity index (χ2v) is 9.17. The van der Waals surface area contributed by atoms with Crippen LogP contribution in [0.5, 0.6) is 0 Å². The Morgan fingerprint density at radius 2 is 1.09 bits per heavy atom. The molecule has 0 atom stereocenters. The maximum atomic E-state index is 4.93. The Balaban J connectivity index is 0.000000485. The van der Waals surface area contributed by atoms with Gasteiger partial charge >= 0.3 is 37.9 Å². The molecule has 23 heavy (non-hydrogen) atoms. The molecule has 3 heteroatoms. The van der Waals surface area contributed by atoms with Gasteiger partial charge in [0, 0.05) is 23.7 Å². The molecule has 0 nitrogen and oxygen atoms in total. The molecule has 0 aromatic carbocycles. The molecular formula is C20H16Cl2Zr. The summed E-state index contributed by atoms with van der Waals surface area (Å²) < 4.78 is 0. The van der Waals surface area contributed by atoms with Gasteiger partial charge in [-0.05, 0) is 50.4 Å². The summed E-state index contributed by atoms with van der Waals surface area (Å²) in [6.45, 7) is 0. The molecule has 0 heterocycles. The second-order valence-electron chi connectivity index (χ2n) is 5.43. The van der Waals surface area contributed by atoms with Crippen molar-refractivity contribution in [2.24, 2.45) is 0 Å². The van der Waals surface area contributed by atoms with Crippen molar-refractivity contribution in [1.29, 1.82) is 0 Å². The van der Waals surface area contributed by atoms with E-state index in [2.05, 4.69) is 74.3 Å². The minimum absolute atomic E-state index is 0.826. The normalized spacial score (nSPS) is 25.5. The zero-order valence-electron chi connectivity index (χ0n) is 12.6. The van der Waals surface area contributed by atoms with Gasteiger partial charge in [0.1, 0.15) is 0 Å². The first kappa shape index (κ1) is 18.2. The Morgan fingerprint density at radius 3 is 1.57 bits per heavy atom. The molecule has 10 radical (unpaired) electrons. The van der Waals surface area contributed by atoms with Crippen molar-refractivity contribution in [3.8, 4) is 0 Å². The van der Waals surface area contributed by atoms with Crippen LogP contribution in [0.2, 0.25) is 0 Å². The van der Waals surface area contributed by atoms with Gasteiger partial charge in [-0.3, -0.25) is 0 Å². The topological polar surface area (TPSA) is 0 Å². The Morgan fingerprint density at radius 1 is 0.652 bits per heavy atom. The van der Waals surface area contributed by atoms with E-state index in [1.807, 2.05) is 0 Å². The molecule has 0 aliphatic heterocycles. The average Bonchev–Trinajstić information content (AvgIpc) is 3.20. The van der Waals surface area contributed by atoms with E-state index in [4.69, 9.17) is 17.0 Å². The molecule has 4 aliphatic rings. The standard InChI is InChI=1S/C20H16.2ClH.Zr/c1-2-8-15(7-1)13-14-20-18-11-5-3-9-16(18)17-10-4-6-12-19(17)20;;;/h1-12H,13-14H2;2*1H;/q;;;+2/p-2. The van der Waals surface area contributed by atoms with Crippen LogP contribution in [-0.4, -0.2) is 0 Å². The van der Waals surface area contributed by atoms with Gasteiger partial charge in [-0.15, -0.1) is 0 Å². The van der Waals surface area contributed by atoms with E-state index in [1.54, 1.807) is 0 Å². The summed E-state index contributed by atoms with van der Waals surface area (Å²) in [6.07, 6.45) is 28.5. The van der Waals surface area contributed by atoms with E-state index < -0.39 is 20.8 Å². The monoisotopic (exact) mass is 416 g/mol. The summed E-state index contributed by atoms with van der Waals surface area (Å²) in [5.41, 5.74) is 0. The van der Waals surface area contributed by atoms with E-state index in [1.165, 1.54) is 35.5 Å². The number of allylic oxidation sites excluding steroid dienone is 8. The Hall–Kier alpha value is 0.423. The first-order chi connectivity index (χ1) is 11.3. The molecule has 0 aromatic heterocycles. The maximum absolute atomic E-state index is 4.93. The first-order valence-corrected chi connectivity index (χ1v) is 13.9. The third-order valence-corrected chi connectivity index (χ3v) is 4.19. The predicted octanol–water partition coefficient (Wildman–Crippen LogP) is 5.69. The van der Waals surface area contributed by atoms with E-state index in [0.29, 0.717) is 0 Å². The van der Waals surface area contributed by atoms with Crippen LogP contribution in [0.1, 0.15) is 12.8 Å². The summed E-state index contributed by atoms with van der Waals surface area (Å²) in [5.74, 6) is 8.54. The zero-order chi connectivity index (χ0) is 16.1. The molecule has 114 valence electrons. The third-order valence-electron chi connectivity index (χ3n) is 4.19. The number of hydrogen-bond acceptors (Lipinski definition) is 0. The minimum atomic E-state index is -0.826. The molecule has 4 rings (SSSR count). The molecule has 0 saturated heterocycles. The summed E-state index contributed by atoms with van der Waals surface area (Å²) in [6, 6.07) is 0. The van der Waals surface area contributed by atoms with Crippen molar-refractivity contribution in [2.75, 3.05) is 0 Å². The average molecular weight is 418 g/mol. The predicted molar refractivity (Wildman–Crippen MR) is 94.2 cm³/mol. The summed E-state index contributed by atoms with van der Waals surface area (Å²) in [7, 11) is 9.87. The second kappa shape index (κ2) is 9.21. The van der Waals surface area contributed by atoms with Crippen molar-refractivity contribution >= 4 is 17.0 Å². The number of rotatable bonds is 3. The van der Waals surface area contributed by atoms with Gasteiger partial charge in [-0.1, -0.05) is 48.6 Å². The van der Waals surface area contributed by atoms with Crippen LogP contribution in [0.25, 0.3) is 0 Å². The Kier molecular flexibility index (Phi) is 7.30.